The van der Waals surface area contributed by atoms with Gasteiger partial charge in [-0.1, -0.05) is 30.3 Å². The molecule has 3 rings (SSSR count). The Labute approximate surface area is 111 Å². The number of hydrogen-bond acceptors (Lipinski definition) is 2. The summed E-state index contributed by atoms with van der Waals surface area (Å²) in [4.78, 5) is 16.2. The van der Waals surface area contributed by atoms with E-state index in [9.17, 15) is 9.90 Å². The lowest BCUT2D eigenvalue weighted by molar-refractivity contribution is 0.0682. The minimum Gasteiger partial charge on any atom is -0.477 e. The molecule has 4 heteroatoms. The summed E-state index contributed by atoms with van der Waals surface area (Å²) in [6.45, 7) is 2.06. The van der Waals surface area contributed by atoms with Gasteiger partial charge in [-0.2, -0.15) is 0 Å². The average Bonchev–Trinajstić information content (AvgIpc) is 2.81. The number of carbonyl (C=O) groups is 1. The second kappa shape index (κ2) is 4.53. The van der Waals surface area contributed by atoms with Crippen LogP contribution in [0.15, 0.2) is 30.3 Å². The van der Waals surface area contributed by atoms with Gasteiger partial charge in [0.15, 0.2) is 5.69 Å². The van der Waals surface area contributed by atoms with Gasteiger partial charge in [0.05, 0.1) is 0 Å². The molecule has 0 aliphatic carbocycles. The molecule has 19 heavy (non-hydrogen) atoms. The van der Waals surface area contributed by atoms with Gasteiger partial charge >= 0.3 is 5.97 Å². The van der Waals surface area contributed by atoms with Gasteiger partial charge in [-0.15, -0.1) is 0 Å². The summed E-state index contributed by atoms with van der Waals surface area (Å²) in [6.07, 6.45) is 2.95. The highest BCUT2D eigenvalue weighted by atomic mass is 16.4. The Bertz CT molecular complexity index is 617. The van der Waals surface area contributed by atoms with Crippen molar-refractivity contribution in [3.63, 3.8) is 0 Å². The number of aryl methyl sites for hydroxylation is 1. The molecule has 1 aromatic heterocycles. The minimum absolute atomic E-state index is 0.208. The molecule has 0 bridgehead atoms. The molecule has 0 saturated heterocycles. The second-order valence-electron chi connectivity index (χ2n) is 5.01. The molecule has 1 N–H and O–H groups in total. The van der Waals surface area contributed by atoms with Crippen molar-refractivity contribution in [3.05, 3.63) is 41.9 Å². The van der Waals surface area contributed by atoms with Crippen molar-refractivity contribution < 1.29 is 9.90 Å². The van der Waals surface area contributed by atoms with Crippen molar-refractivity contribution in [3.8, 4) is 11.3 Å². The number of carboxylic acids is 1. The maximum atomic E-state index is 11.6. The number of rotatable bonds is 2. The van der Waals surface area contributed by atoms with E-state index in [2.05, 4.69) is 11.9 Å². The largest absolute Gasteiger partial charge is 0.477 e. The van der Waals surface area contributed by atoms with Gasteiger partial charge in [0.2, 0.25) is 0 Å². The van der Waals surface area contributed by atoms with Crippen LogP contribution in [0, 0.1) is 0 Å². The Balaban J connectivity index is 2.23. The summed E-state index contributed by atoms with van der Waals surface area (Å²) in [5.41, 5.74) is 1.79. The molecule has 1 aromatic carbocycles. The Morgan fingerprint density at radius 2 is 2.11 bits per heavy atom. The third kappa shape index (κ3) is 1.93. The standard InChI is InChI=1S/C15H16N2O2/c1-10-6-5-9-12-16-13(11-7-3-2-4-8-11)14(15(18)19)17(10)12/h2-4,7-8,10H,5-6,9H2,1H3,(H,18,19). The number of carboxylic acid groups (broad SMARTS) is 1. The first kappa shape index (κ1) is 12.0. The lowest BCUT2D eigenvalue weighted by Crippen LogP contribution is -2.19. The number of imidazole rings is 1. The van der Waals surface area contributed by atoms with Crippen LogP contribution in [0.5, 0.6) is 0 Å². The van der Waals surface area contributed by atoms with Gasteiger partial charge in [0, 0.05) is 18.0 Å². The van der Waals surface area contributed by atoms with Crippen LogP contribution in [-0.4, -0.2) is 20.6 Å². The smallest absolute Gasteiger partial charge is 0.354 e. The third-order valence-electron chi connectivity index (χ3n) is 3.70. The van der Waals surface area contributed by atoms with Gasteiger partial charge in [-0.25, -0.2) is 9.78 Å². The topological polar surface area (TPSA) is 55.1 Å². The van der Waals surface area contributed by atoms with Crippen molar-refractivity contribution >= 4 is 5.97 Å². The fraction of sp³-hybridized carbons (Fsp3) is 0.333. The van der Waals surface area contributed by atoms with Crippen molar-refractivity contribution in [1.29, 1.82) is 0 Å². The maximum Gasteiger partial charge on any atom is 0.354 e. The summed E-state index contributed by atoms with van der Waals surface area (Å²) in [6, 6.07) is 9.75. The average molecular weight is 256 g/mol. The SMILES string of the molecule is CC1CCCc2nc(-c3ccccc3)c(C(=O)O)n21. The van der Waals surface area contributed by atoms with E-state index in [0.29, 0.717) is 11.4 Å². The van der Waals surface area contributed by atoms with Crippen LogP contribution in [0.1, 0.15) is 42.1 Å². The Kier molecular flexibility index (Phi) is 2.85. The molecule has 0 radical (unpaired) electrons. The van der Waals surface area contributed by atoms with Crippen LogP contribution in [0.4, 0.5) is 0 Å². The molecule has 1 aliphatic rings. The first-order valence-corrected chi connectivity index (χ1v) is 6.58. The molecular formula is C15H16N2O2. The first-order chi connectivity index (χ1) is 9.18. The number of benzene rings is 1. The first-order valence-electron chi connectivity index (χ1n) is 6.58. The van der Waals surface area contributed by atoms with Crippen molar-refractivity contribution in [2.45, 2.75) is 32.2 Å². The maximum absolute atomic E-state index is 11.6. The van der Waals surface area contributed by atoms with Gasteiger partial charge in [0.25, 0.3) is 0 Å². The van der Waals surface area contributed by atoms with Crippen LogP contribution in [-0.2, 0) is 6.42 Å². The zero-order valence-corrected chi connectivity index (χ0v) is 10.8. The summed E-state index contributed by atoms with van der Waals surface area (Å²) in [5.74, 6) is 0.00126. The second-order valence-corrected chi connectivity index (χ2v) is 5.01. The minimum atomic E-state index is -0.897. The van der Waals surface area contributed by atoms with Crippen LogP contribution >= 0.6 is 0 Å². The quantitative estimate of drug-likeness (QED) is 0.898. The monoisotopic (exact) mass is 256 g/mol. The Morgan fingerprint density at radius 1 is 1.37 bits per heavy atom. The summed E-state index contributed by atoms with van der Waals surface area (Å²) < 4.78 is 1.90. The molecular weight excluding hydrogens is 240 g/mol. The van der Waals surface area contributed by atoms with E-state index in [1.165, 1.54) is 0 Å². The number of aromatic nitrogens is 2. The normalized spacial score (nSPS) is 18.1. The lowest BCUT2D eigenvalue weighted by atomic mass is 10.1. The Morgan fingerprint density at radius 3 is 2.79 bits per heavy atom. The predicted molar refractivity (Wildman–Crippen MR) is 72.3 cm³/mol. The Hall–Kier alpha value is -2.10. The summed E-state index contributed by atoms with van der Waals surface area (Å²) in [5, 5.41) is 9.53. The van der Waals surface area contributed by atoms with E-state index >= 15 is 0 Å². The van der Waals surface area contributed by atoms with E-state index < -0.39 is 5.97 Å². The highest BCUT2D eigenvalue weighted by Crippen LogP contribution is 2.32. The molecule has 2 heterocycles. The third-order valence-corrected chi connectivity index (χ3v) is 3.70. The molecule has 98 valence electrons. The van der Waals surface area contributed by atoms with E-state index in [-0.39, 0.29) is 6.04 Å². The van der Waals surface area contributed by atoms with E-state index in [1.807, 2.05) is 34.9 Å². The summed E-state index contributed by atoms with van der Waals surface area (Å²) >= 11 is 0. The highest BCUT2D eigenvalue weighted by Gasteiger charge is 2.28. The van der Waals surface area contributed by atoms with Gasteiger partial charge in [0.1, 0.15) is 11.5 Å². The van der Waals surface area contributed by atoms with Crippen molar-refractivity contribution in [2.75, 3.05) is 0 Å². The number of aromatic carboxylic acids is 1. The van der Waals surface area contributed by atoms with Crippen LogP contribution in [0.3, 0.4) is 0 Å². The van der Waals surface area contributed by atoms with E-state index in [1.54, 1.807) is 0 Å². The van der Waals surface area contributed by atoms with E-state index in [4.69, 9.17) is 0 Å². The molecule has 0 saturated carbocycles. The zero-order valence-electron chi connectivity index (χ0n) is 10.8. The summed E-state index contributed by atoms with van der Waals surface area (Å²) in [7, 11) is 0. The predicted octanol–water partition coefficient (Wildman–Crippen LogP) is 3.15. The number of nitrogens with zero attached hydrogens (tertiary/aromatic N) is 2. The molecule has 1 atom stereocenters. The molecule has 1 unspecified atom stereocenters. The van der Waals surface area contributed by atoms with Gasteiger partial charge < -0.3 is 9.67 Å². The molecule has 0 spiro atoms. The van der Waals surface area contributed by atoms with Crippen LogP contribution in [0.2, 0.25) is 0 Å². The molecule has 0 amide bonds. The fourth-order valence-corrected chi connectivity index (χ4v) is 2.82. The number of fused-ring (bicyclic) bond motifs is 1. The van der Waals surface area contributed by atoms with Crippen LogP contribution in [0.25, 0.3) is 11.3 Å². The van der Waals surface area contributed by atoms with Gasteiger partial charge in [-0.3, -0.25) is 0 Å². The molecule has 0 fully saturated rings. The lowest BCUT2D eigenvalue weighted by Gasteiger charge is -2.22. The fourth-order valence-electron chi connectivity index (χ4n) is 2.82. The van der Waals surface area contributed by atoms with Gasteiger partial charge in [-0.05, 0) is 19.8 Å². The number of hydrogen-bond donors (Lipinski definition) is 1. The molecule has 2 aromatic rings. The van der Waals surface area contributed by atoms with Crippen LogP contribution < -0.4 is 0 Å². The molecule has 4 nitrogen and oxygen atoms in total. The highest BCUT2D eigenvalue weighted by molar-refractivity contribution is 5.93. The zero-order chi connectivity index (χ0) is 13.4. The van der Waals surface area contributed by atoms with Crippen molar-refractivity contribution in [2.24, 2.45) is 0 Å². The molecule has 1 aliphatic heterocycles. The van der Waals surface area contributed by atoms with Crippen molar-refractivity contribution in [1.82, 2.24) is 9.55 Å². The van der Waals surface area contributed by atoms with E-state index in [0.717, 1.165) is 30.7 Å².